The van der Waals surface area contributed by atoms with Crippen molar-refractivity contribution < 1.29 is 0 Å². The van der Waals surface area contributed by atoms with Crippen LogP contribution < -0.4 is 5.46 Å². The van der Waals surface area contributed by atoms with Crippen LogP contribution in [0.4, 0.5) is 0 Å². The summed E-state index contributed by atoms with van der Waals surface area (Å²) in [5.41, 5.74) is 7.15. The summed E-state index contributed by atoms with van der Waals surface area (Å²) in [4.78, 5) is 9.20. The number of fused-ring (bicyclic) bond motifs is 5. The number of hydrogen-bond acceptors (Lipinski definition) is 2. The summed E-state index contributed by atoms with van der Waals surface area (Å²) in [6, 6.07) is 10.4. The normalized spacial score (nSPS) is 11.3. The number of aromatic nitrogens is 3. The number of rotatable bonds is 2. The minimum Gasteiger partial charge on any atom is -0.293 e. The van der Waals surface area contributed by atoms with Crippen molar-refractivity contribution in [1.29, 1.82) is 0 Å². The predicted octanol–water partition coefficient (Wildman–Crippen LogP) is 0.306. The van der Waals surface area contributed by atoms with Crippen molar-refractivity contribution in [1.82, 2.24) is 14.4 Å². The van der Waals surface area contributed by atoms with E-state index in [9.17, 15) is 0 Å². The average Bonchev–Trinajstić information content (AvgIpc) is 2.91. The average molecular weight is 269 g/mol. The zero-order valence-electron chi connectivity index (χ0n) is 12.3. The lowest BCUT2D eigenvalue weighted by Gasteiger charge is -2.12. The highest BCUT2D eigenvalue weighted by Gasteiger charge is 2.15. The number of hydrogen-bond donors (Lipinski definition) is 0. The third-order valence-electron chi connectivity index (χ3n) is 4.23. The molecule has 98 valence electrons. The van der Waals surface area contributed by atoms with Crippen LogP contribution in [0, 0.1) is 6.92 Å². The van der Waals surface area contributed by atoms with Crippen LogP contribution in [0.2, 0.25) is 0 Å². The van der Waals surface area contributed by atoms with Crippen LogP contribution in [0.15, 0.2) is 42.7 Å². The molecule has 0 bridgehead atoms. The first-order valence-corrected chi connectivity index (χ1v) is 7.43. The topological polar surface area (TPSA) is 30.2 Å². The molecule has 3 aromatic heterocycles. The molecule has 4 rings (SSSR count). The van der Waals surface area contributed by atoms with Gasteiger partial charge in [0.15, 0.2) is 0 Å². The van der Waals surface area contributed by atoms with Crippen LogP contribution >= 0.6 is 0 Å². The van der Waals surface area contributed by atoms with Gasteiger partial charge in [0.05, 0.1) is 31.3 Å². The fraction of sp³-hybridized carbons (Fsp3) is 0.0667. The highest BCUT2D eigenvalue weighted by molar-refractivity contribution is 7.28. The van der Waals surface area contributed by atoms with Crippen LogP contribution in [0.5, 0.6) is 0 Å². The van der Waals surface area contributed by atoms with Gasteiger partial charge in [-0.05, 0) is 36.1 Å². The third-order valence-corrected chi connectivity index (χ3v) is 4.23. The Bertz CT molecular complexity index is 978. The largest absolute Gasteiger partial charge is 0.293 e. The van der Waals surface area contributed by atoms with Gasteiger partial charge in [0.1, 0.15) is 12.8 Å². The molecule has 0 amide bonds. The molecule has 0 aliphatic heterocycles. The van der Waals surface area contributed by atoms with Crippen LogP contribution in [-0.4, -0.2) is 36.3 Å². The van der Waals surface area contributed by atoms with Gasteiger partial charge in [-0.1, -0.05) is 12.1 Å². The van der Waals surface area contributed by atoms with Gasteiger partial charge in [-0.2, -0.15) is 0 Å². The molecule has 0 saturated heterocycles. The first-order chi connectivity index (χ1) is 10.3. The number of pyridine rings is 2. The van der Waals surface area contributed by atoms with Crippen LogP contribution in [-0.2, 0) is 0 Å². The Morgan fingerprint density at radius 2 is 2.00 bits per heavy atom. The summed E-state index contributed by atoms with van der Waals surface area (Å²) in [6.07, 6.45) is 3.83. The van der Waals surface area contributed by atoms with E-state index in [-0.39, 0.29) is 0 Å². The number of imidazole rings is 1. The Labute approximate surface area is 125 Å². The Hall–Kier alpha value is -2.23. The molecule has 0 fully saturated rings. The van der Waals surface area contributed by atoms with Crippen molar-refractivity contribution in [2.75, 3.05) is 0 Å². The third kappa shape index (κ3) is 1.72. The molecular formula is C15H14B3N3. The van der Waals surface area contributed by atoms with E-state index in [1.54, 1.807) is 0 Å². The number of nitrogens with zero attached hydrogens (tertiary/aromatic N) is 3. The molecule has 4 aromatic rings. The Morgan fingerprint density at radius 3 is 2.86 bits per heavy atom. The van der Waals surface area contributed by atoms with E-state index in [0.29, 0.717) is 0 Å². The van der Waals surface area contributed by atoms with Crippen molar-refractivity contribution in [3.05, 3.63) is 48.3 Å². The predicted molar refractivity (Wildman–Crippen MR) is 95.2 cm³/mol. The van der Waals surface area contributed by atoms with E-state index in [4.69, 9.17) is 4.98 Å². The van der Waals surface area contributed by atoms with Gasteiger partial charge in [0.25, 0.3) is 0 Å². The molecule has 0 unspecified atom stereocenters. The zero-order valence-corrected chi connectivity index (χ0v) is 12.3. The van der Waals surface area contributed by atoms with E-state index >= 15 is 0 Å². The zero-order chi connectivity index (χ0) is 14.4. The molecule has 0 aliphatic rings. The highest BCUT2D eigenvalue weighted by Crippen LogP contribution is 2.23. The second-order valence-corrected chi connectivity index (χ2v) is 5.51. The Balaban J connectivity index is 2.32. The maximum Gasteiger partial charge on any atom is 0.131 e. The number of benzene rings is 1. The molecule has 0 aliphatic carbocycles. The summed E-state index contributed by atoms with van der Waals surface area (Å²) >= 11 is 0. The van der Waals surface area contributed by atoms with Gasteiger partial charge in [-0.3, -0.25) is 9.38 Å². The minimum atomic E-state index is 1.05. The molecule has 0 spiro atoms. The summed E-state index contributed by atoms with van der Waals surface area (Å²) in [5.74, 6) is 0. The van der Waals surface area contributed by atoms with Crippen LogP contribution in [0.3, 0.4) is 0 Å². The maximum atomic E-state index is 4.89. The summed E-state index contributed by atoms with van der Waals surface area (Å²) in [6.45, 7) is 2.19. The van der Waals surface area contributed by atoms with E-state index in [2.05, 4.69) is 48.3 Å². The smallest absolute Gasteiger partial charge is 0.131 e. The van der Waals surface area contributed by atoms with Crippen molar-refractivity contribution >= 4 is 55.0 Å². The van der Waals surface area contributed by atoms with E-state index in [1.807, 2.05) is 18.5 Å². The molecule has 0 N–H and O–H groups in total. The molecule has 0 atom stereocenters. The molecule has 0 saturated carbocycles. The Morgan fingerprint density at radius 1 is 1.14 bits per heavy atom. The van der Waals surface area contributed by atoms with E-state index in [1.165, 1.54) is 27.4 Å². The van der Waals surface area contributed by atoms with Gasteiger partial charge in [-0.15, -0.1) is 0 Å². The molecule has 0 radical (unpaired) electrons. The van der Waals surface area contributed by atoms with Gasteiger partial charge in [0.2, 0.25) is 0 Å². The second kappa shape index (κ2) is 4.66. The first kappa shape index (κ1) is 12.5. The van der Waals surface area contributed by atoms with Crippen LogP contribution in [0.1, 0.15) is 5.56 Å². The lowest BCUT2D eigenvalue weighted by molar-refractivity contribution is 1.26. The Kier molecular flexibility index (Phi) is 2.77. The molecular weight excluding hydrogens is 255 g/mol. The molecule has 1 aromatic carbocycles. The van der Waals surface area contributed by atoms with Crippen LogP contribution in [0.25, 0.3) is 27.6 Å². The fourth-order valence-corrected chi connectivity index (χ4v) is 3.22. The molecule has 21 heavy (non-hydrogen) atoms. The van der Waals surface area contributed by atoms with Crippen molar-refractivity contribution in [2.45, 2.75) is 6.92 Å². The monoisotopic (exact) mass is 269 g/mol. The second-order valence-electron chi connectivity index (χ2n) is 5.51. The van der Waals surface area contributed by atoms with E-state index < -0.39 is 0 Å². The fourth-order valence-electron chi connectivity index (χ4n) is 3.22. The van der Waals surface area contributed by atoms with Crippen molar-refractivity contribution in [3.63, 3.8) is 0 Å². The van der Waals surface area contributed by atoms with Crippen molar-refractivity contribution in [3.8, 4) is 0 Å². The lowest BCUT2D eigenvalue weighted by atomic mass is 9.26. The van der Waals surface area contributed by atoms with Gasteiger partial charge in [-0.25, -0.2) is 4.98 Å². The number of aryl methyl sites for hydroxylation is 1. The highest BCUT2D eigenvalue weighted by atomic mass is 15.0. The van der Waals surface area contributed by atoms with Gasteiger partial charge < -0.3 is 0 Å². The van der Waals surface area contributed by atoms with Gasteiger partial charge in [0, 0.05) is 17.8 Å². The van der Waals surface area contributed by atoms with Crippen molar-refractivity contribution in [2.24, 2.45) is 0 Å². The molecule has 3 heterocycles. The minimum absolute atomic E-state index is 1.05. The number of para-hydroxylation sites is 2. The SMILES string of the molecule is BBBc1c(C)c2cnccc2n2c1nc1ccccc12. The van der Waals surface area contributed by atoms with Gasteiger partial charge >= 0.3 is 0 Å². The summed E-state index contributed by atoms with van der Waals surface area (Å²) < 4.78 is 2.28. The maximum absolute atomic E-state index is 4.89. The summed E-state index contributed by atoms with van der Waals surface area (Å²) in [7, 11) is 4.38. The lowest BCUT2D eigenvalue weighted by Crippen LogP contribution is -2.26. The standard InChI is InChI=1S/C15H14B3N3/c1-9-10-8-19-7-6-12(10)21-13-5-3-2-4-11(13)20-15(21)14(9)17-18-16/h2-8,17-18H,16H2,1H3. The van der Waals surface area contributed by atoms with E-state index in [0.717, 1.165) is 25.4 Å². The molecule has 6 heteroatoms. The first-order valence-electron chi connectivity index (χ1n) is 7.43. The molecule has 3 nitrogen and oxygen atoms in total. The summed E-state index contributed by atoms with van der Waals surface area (Å²) in [5, 5.41) is 1.22. The quantitative estimate of drug-likeness (QED) is 0.490.